The van der Waals surface area contributed by atoms with Crippen molar-refractivity contribution in [3.8, 4) is 0 Å². The van der Waals surface area contributed by atoms with Crippen molar-refractivity contribution in [2.75, 3.05) is 7.05 Å². The molecule has 0 saturated carbocycles. The third-order valence-electron chi connectivity index (χ3n) is 3.56. The predicted octanol–water partition coefficient (Wildman–Crippen LogP) is 3.84. The van der Waals surface area contributed by atoms with Crippen molar-refractivity contribution < 1.29 is 0 Å². The van der Waals surface area contributed by atoms with Gasteiger partial charge in [-0.25, -0.2) is 0 Å². The smallest absolute Gasteiger partial charge is 0.00692 e. The van der Waals surface area contributed by atoms with E-state index in [1.54, 1.807) is 0 Å². The van der Waals surface area contributed by atoms with E-state index >= 15 is 0 Å². The van der Waals surface area contributed by atoms with Gasteiger partial charge in [-0.05, 0) is 31.7 Å². The highest BCUT2D eigenvalue weighted by molar-refractivity contribution is 4.71. The van der Waals surface area contributed by atoms with Gasteiger partial charge in [-0.3, -0.25) is 0 Å². The van der Waals surface area contributed by atoms with Crippen molar-refractivity contribution in [2.45, 2.75) is 65.8 Å². The standard InChI is InChI=1S/C13H29N/c1-6-11(4)9-13(14-5)10-12(7-2)8-3/h11-14H,6-10H2,1-5H3. The van der Waals surface area contributed by atoms with Crippen molar-refractivity contribution in [3.05, 3.63) is 0 Å². The van der Waals surface area contributed by atoms with Gasteiger partial charge in [0, 0.05) is 6.04 Å². The topological polar surface area (TPSA) is 12.0 Å². The van der Waals surface area contributed by atoms with Crippen molar-refractivity contribution in [1.82, 2.24) is 5.32 Å². The van der Waals surface area contributed by atoms with E-state index in [9.17, 15) is 0 Å². The molecule has 0 aliphatic rings. The van der Waals surface area contributed by atoms with Crippen molar-refractivity contribution in [3.63, 3.8) is 0 Å². The number of hydrogen-bond acceptors (Lipinski definition) is 1. The van der Waals surface area contributed by atoms with Crippen LogP contribution in [0.2, 0.25) is 0 Å². The van der Waals surface area contributed by atoms with Crippen LogP contribution in [-0.2, 0) is 0 Å². The Morgan fingerprint density at radius 2 is 1.50 bits per heavy atom. The lowest BCUT2D eigenvalue weighted by molar-refractivity contribution is 0.328. The SMILES string of the molecule is CCC(C)CC(CC(CC)CC)NC. The molecule has 0 amide bonds. The molecule has 2 unspecified atom stereocenters. The second-order valence-corrected chi connectivity index (χ2v) is 4.65. The summed E-state index contributed by atoms with van der Waals surface area (Å²) in [4.78, 5) is 0. The lowest BCUT2D eigenvalue weighted by atomic mass is 9.89. The van der Waals surface area contributed by atoms with Gasteiger partial charge in [-0.2, -0.15) is 0 Å². The quantitative estimate of drug-likeness (QED) is 0.626. The zero-order valence-electron chi connectivity index (χ0n) is 10.8. The molecule has 1 heteroatoms. The summed E-state index contributed by atoms with van der Waals surface area (Å²) in [6.45, 7) is 9.26. The Morgan fingerprint density at radius 1 is 0.929 bits per heavy atom. The normalized spacial score (nSPS) is 15.9. The molecule has 0 aromatic rings. The summed E-state index contributed by atoms with van der Waals surface area (Å²) in [5.74, 6) is 1.78. The minimum atomic E-state index is 0.731. The highest BCUT2D eigenvalue weighted by atomic mass is 14.9. The van der Waals surface area contributed by atoms with Crippen molar-refractivity contribution in [1.29, 1.82) is 0 Å². The fraction of sp³-hybridized carbons (Fsp3) is 1.00. The summed E-state index contributed by atoms with van der Waals surface area (Å²) in [6.07, 6.45) is 6.66. The highest BCUT2D eigenvalue weighted by Gasteiger charge is 2.14. The first-order chi connectivity index (χ1) is 6.67. The molecule has 0 bridgehead atoms. The molecule has 0 radical (unpaired) electrons. The number of hydrogen-bond donors (Lipinski definition) is 1. The molecule has 1 nitrogen and oxygen atoms in total. The average molecular weight is 199 g/mol. The molecule has 0 fully saturated rings. The zero-order chi connectivity index (χ0) is 11.0. The summed E-state index contributed by atoms with van der Waals surface area (Å²) >= 11 is 0. The molecule has 0 aromatic carbocycles. The van der Waals surface area contributed by atoms with Crippen LogP contribution in [0.4, 0.5) is 0 Å². The van der Waals surface area contributed by atoms with Gasteiger partial charge in [0.25, 0.3) is 0 Å². The molecule has 0 aromatic heterocycles. The van der Waals surface area contributed by atoms with Gasteiger partial charge in [0.05, 0.1) is 0 Å². The van der Waals surface area contributed by atoms with E-state index in [0.717, 1.165) is 17.9 Å². The molecule has 0 aliphatic carbocycles. The molecule has 14 heavy (non-hydrogen) atoms. The molecular formula is C13H29N. The third-order valence-corrected chi connectivity index (χ3v) is 3.56. The predicted molar refractivity (Wildman–Crippen MR) is 65.6 cm³/mol. The molecule has 0 spiro atoms. The Morgan fingerprint density at radius 3 is 1.86 bits per heavy atom. The van der Waals surface area contributed by atoms with E-state index in [4.69, 9.17) is 0 Å². The van der Waals surface area contributed by atoms with Gasteiger partial charge in [0.2, 0.25) is 0 Å². The molecule has 0 heterocycles. The average Bonchev–Trinajstić information content (AvgIpc) is 2.23. The molecule has 0 saturated heterocycles. The van der Waals surface area contributed by atoms with Gasteiger partial charge >= 0.3 is 0 Å². The summed E-state index contributed by atoms with van der Waals surface area (Å²) < 4.78 is 0. The Balaban J connectivity index is 3.88. The minimum absolute atomic E-state index is 0.731. The lowest BCUT2D eigenvalue weighted by Crippen LogP contribution is -2.29. The fourth-order valence-corrected chi connectivity index (χ4v) is 2.01. The van der Waals surface area contributed by atoms with Gasteiger partial charge in [-0.1, -0.05) is 47.0 Å². The van der Waals surface area contributed by atoms with E-state index in [2.05, 4.69) is 40.1 Å². The molecule has 86 valence electrons. The van der Waals surface area contributed by atoms with Crippen LogP contribution in [0.3, 0.4) is 0 Å². The molecule has 2 atom stereocenters. The zero-order valence-corrected chi connectivity index (χ0v) is 10.8. The largest absolute Gasteiger partial charge is 0.317 e. The summed E-state index contributed by atoms with van der Waals surface area (Å²) in [7, 11) is 2.11. The Kier molecular flexibility index (Phi) is 8.26. The number of nitrogens with one attached hydrogen (secondary N) is 1. The maximum atomic E-state index is 3.47. The Labute approximate surface area is 90.7 Å². The highest BCUT2D eigenvalue weighted by Crippen LogP contribution is 2.20. The van der Waals surface area contributed by atoms with Gasteiger partial charge in [0.1, 0.15) is 0 Å². The van der Waals surface area contributed by atoms with Gasteiger partial charge < -0.3 is 5.32 Å². The van der Waals surface area contributed by atoms with Crippen LogP contribution in [-0.4, -0.2) is 13.1 Å². The second-order valence-electron chi connectivity index (χ2n) is 4.65. The van der Waals surface area contributed by atoms with Crippen LogP contribution in [0, 0.1) is 11.8 Å². The van der Waals surface area contributed by atoms with Crippen LogP contribution in [0.5, 0.6) is 0 Å². The Hall–Kier alpha value is -0.0400. The first kappa shape index (κ1) is 14.0. The lowest BCUT2D eigenvalue weighted by Gasteiger charge is -2.23. The van der Waals surface area contributed by atoms with E-state index in [1.807, 2.05) is 0 Å². The second kappa shape index (κ2) is 8.28. The van der Waals surface area contributed by atoms with Gasteiger partial charge in [0.15, 0.2) is 0 Å². The summed E-state index contributed by atoms with van der Waals surface area (Å²) in [5.41, 5.74) is 0. The van der Waals surface area contributed by atoms with Crippen LogP contribution < -0.4 is 5.32 Å². The van der Waals surface area contributed by atoms with Crippen LogP contribution in [0.15, 0.2) is 0 Å². The molecule has 1 N–H and O–H groups in total. The maximum absolute atomic E-state index is 3.47. The summed E-state index contributed by atoms with van der Waals surface area (Å²) in [5, 5.41) is 3.47. The van der Waals surface area contributed by atoms with Crippen LogP contribution in [0.1, 0.15) is 59.8 Å². The van der Waals surface area contributed by atoms with E-state index in [-0.39, 0.29) is 0 Å². The monoisotopic (exact) mass is 199 g/mol. The first-order valence-corrected chi connectivity index (χ1v) is 6.35. The first-order valence-electron chi connectivity index (χ1n) is 6.35. The minimum Gasteiger partial charge on any atom is -0.317 e. The van der Waals surface area contributed by atoms with Gasteiger partial charge in [-0.15, -0.1) is 0 Å². The Bertz CT molecular complexity index is 118. The maximum Gasteiger partial charge on any atom is 0.00692 e. The number of rotatable bonds is 8. The van der Waals surface area contributed by atoms with Crippen LogP contribution >= 0.6 is 0 Å². The molecule has 0 rings (SSSR count). The van der Waals surface area contributed by atoms with E-state index in [0.29, 0.717) is 0 Å². The van der Waals surface area contributed by atoms with Crippen LogP contribution in [0.25, 0.3) is 0 Å². The van der Waals surface area contributed by atoms with E-state index < -0.39 is 0 Å². The summed E-state index contributed by atoms with van der Waals surface area (Å²) in [6, 6.07) is 0.731. The van der Waals surface area contributed by atoms with Crippen molar-refractivity contribution in [2.24, 2.45) is 11.8 Å². The van der Waals surface area contributed by atoms with Crippen molar-refractivity contribution >= 4 is 0 Å². The molecular weight excluding hydrogens is 170 g/mol. The molecule has 0 aliphatic heterocycles. The van der Waals surface area contributed by atoms with E-state index in [1.165, 1.54) is 32.1 Å². The fourth-order valence-electron chi connectivity index (χ4n) is 2.01. The third kappa shape index (κ3) is 5.64.